The van der Waals surface area contributed by atoms with E-state index in [1.165, 1.54) is 81.7 Å². The molecule has 0 heterocycles. The number of aryl methyl sites for hydroxylation is 1. The third kappa shape index (κ3) is 3.32. The summed E-state index contributed by atoms with van der Waals surface area (Å²) in [6, 6.07) is 51.5. The van der Waals surface area contributed by atoms with E-state index in [9.17, 15) is 0 Å². The van der Waals surface area contributed by atoms with Crippen molar-refractivity contribution >= 4 is 53.9 Å². The van der Waals surface area contributed by atoms with Crippen LogP contribution in [0.25, 0.3) is 76.1 Å². The average Bonchev–Trinajstić information content (AvgIpc) is 2.99. The van der Waals surface area contributed by atoms with Gasteiger partial charge >= 0.3 is 0 Å². The van der Waals surface area contributed by atoms with E-state index in [-0.39, 0.29) is 0 Å². The van der Waals surface area contributed by atoms with Crippen LogP contribution in [-0.4, -0.2) is 0 Å². The van der Waals surface area contributed by atoms with E-state index in [1.54, 1.807) is 0 Å². The molecule has 0 spiro atoms. The Hall–Kier alpha value is -4.94. The maximum Gasteiger partial charge on any atom is -0.00199 e. The molecule has 182 valence electrons. The van der Waals surface area contributed by atoms with Gasteiger partial charge in [0, 0.05) is 0 Å². The van der Waals surface area contributed by atoms with E-state index in [1.807, 2.05) is 0 Å². The van der Waals surface area contributed by atoms with Crippen molar-refractivity contribution in [2.24, 2.45) is 0 Å². The molecular weight excluding hydrogens is 468 g/mol. The van der Waals surface area contributed by atoms with Gasteiger partial charge in [-0.1, -0.05) is 139 Å². The quantitative estimate of drug-likeness (QED) is 0.166. The Bertz CT molecular complexity index is 2170. The predicted molar refractivity (Wildman–Crippen MR) is 170 cm³/mol. The minimum atomic E-state index is 1.27. The molecule has 0 saturated carbocycles. The fourth-order valence-electron chi connectivity index (χ4n) is 6.59. The molecule has 0 fully saturated rings. The van der Waals surface area contributed by atoms with Crippen molar-refractivity contribution in [2.75, 3.05) is 0 Å². The number of rotatable bonds is 2. The number of hydrogen-bond acceptors (Lipinski definition) is 0. The third-order valence-electron chi connectivity index (χ3n) is 8.27. The van der Waals surface area contributed by atoms with E-state index < -0.39 is 0 Å². The summed E-state index contributed by atoms with van der Waals surface area (Å²) in [7, 11) is 0. The summed E-state index contributed by atoms with van der Waals surface area (Å²) in [4.78, 5) is 0. The third-order valence-corrected chi connectivity index (χ3v) is 8.27. The van der Waals surface area contributed by atoms with Gasteiger partial charge in [-0.3, -0.25) is 0 Å². The molecule has 8 rings (SSSR count). The summed E-state index contributed by atoms with van der Waals surface area (Å²) < 4.78 is 0. The van der Waals surface area contributed by atoms with Crippen molar-refractivity contribution in [2.45, 2.75) is 6.92 Å². The van der Waals surface area contributed by atoms with Crippen LogP contribution in [0, 0.1) is 6.92 Å². The summed E-state index contributed by atoms with van der Waals surface area (Å²) >= 11 is 0. The summed E-state index contributed by atoms with van der Waals surface area (Å²) in [6.45, 7) is 2.18. The van der Waals surface area contributed by atoms with Crippen LogP contribution in [0.3, 0.4) is 0 Å². The van der Waals surface area contributed by atoms with E-state index in [0.29, 0.717) is 0 Å². The molecule has 0 aromatic heterocycles. The second-order valence-corrected chi connectivity index (χ2v) is 10.6. The Labute approximate surface area is 227 Å². The Morgan fingerprint density at radius 2 is 0.821 bits per heavy atom. The number of fused-ring (bicyclic) bond motifs is 6. The van der Waals surface area contributed by atoms with Crippen molar-refractivity contribution in [1.82, 2.24) is 0 Å². The van der Waals surface area contributed by atoms with Gasteiger partial charge in [0.15, 0.2) is 0 Å². The number of hydrogen-bond donors (Lipinski definition) is 0. The molecule has 0 heteroatoms. The van der Waals surface area contributed by atoms with Crippen LogP contribution in [0.15, 0.2) is 140 Å². The zero-order valence-corrected chi connectivity index (χ0v) is 21.8. The summed E-state index contributed by atoms with van der Waals surface area (Å²) in [5, 5.41) is 12.9. The zero-order valence-electron chi connectivity index (χ0n) is 21.8. The molecule has 0 N–H and O–H groups in total. The first-order chi connectivity index (χ1) is 19.3. The summed E-state index contributed by atoms with van der Waals surface area (Å²) in [5.41, 5.74) is 6.48. The normalized spacial score (nSPS) is 11.7. The van der Waals surface area contributed by atoms with Crippen molar-refractivity contribution in [1.29, 1.82) is 0 Å². The van der Waals surface area contributed by atoms with E-state index in [0.717, 1.165) is 0 Å². The SMILES string of the molecule is Cc1ccc2c(c1)cc(-c1c3ccccc3c(-c3cccc4ccccc34)c3ccccc13)c1ccccc12. The van der Waals surface area contributed by atoms with Gasteiger partial charge in [0.25, 0.3) is 0 Å². The van der Waals surface area contributed by atoms with E-state index in [4.69, 9.17) is 0 Å². The van der Waals surface area contributed by atoms with Crippen LogP contribution in [0.4, 0.5) is 0 Å². The fraction of sp³-hybridized carbons (Fsp3) is 0.0256. The van der Waals surface area contributed by atoms with Gasteiger partial charge in [0.05, 0.1) is 0 Å². The molecule has 0 atom stereocenters. The Balaban J connectivity index is 1.59. The molecule has 0 amide bonds. The first-order valence-electron chi connectivity index (χ1n) is 13.6. The fourth-order valence-corrected chi connectivity index (χ4v) is 6.59. The topological polar surface area (TPSA) is 0 Å². The highest BCUT2D eigenvalue weighted by Crippen LogP contribution is 2.47. The molecule has 8 aromatic carbocycles. The zero-order chi connectivity index (χ0) is 25.9. The van der Waals surface area contributed by atoms with Gasteiger partial charge in [-0.25, -0.2) is 0 Å². The smallest absolute Gasteiger partial charge is 0.00199 e. The highest BCUT2D eigenvalue weighted by molar-refractivity contribution is 6.27. The molecule has 0 aliphatic carbocycles. The summed E-state index contributed by atoms with van der Waals surface area (Å²) in [6.07, 6.45) is 0. The van der Waals surface area contributed by atoms with Gasteiger partial charge in [-0.2, -0.15) is 0 Å². The standard InChI is InChI=1S/C39H26/c1-25-21-22-29-27(23-25)24-37(31-15-5-4-14-30(29)31)39-35-18-8-6-16-33(35)38(34-17-7-9-19-36(34)39)32-20-10-12-26-11-2-3-13-28(26)32/h2-24H,1H3. The number of benzene rings is 8. The molecule has 0 bridgehead atoms. The van der Waals surface area contributed by atoms with Crippen LogP contribution in [0.5, 0.6) is 0 Å². The highest BCUT2D eigenvalue weighted by atomic mass is 14.2. The maximum atomic E-state index is 2.41. The van der Waals surface area contributed by atoms with Crippen LogP contribution in [-0.2, 0) is 0 Å². The molecule has 0 nitrogen and oxygen atoms in total. The molecule has 0 radical (unpaired) electrons. The van der Waals surface area contributed by atoms with Crippen LogP contribution in [0.2, 0.25) is 0 Å². The molecule has 0 unspecified atom stereocenters. The van der Waals surface area contributed by atoms with E-state index >= 15 is 0 Å². The van der Waals surface area contributed by atoms with Crippen LogP contribution >= 0.6 is 0 Å². The molecule has 39 heavy (non-hydrogen) atoms. The first-order valence-corrected chi connectivity index (χ1v) is 13.6. The van der Waals surface area contributed by atoms with Crippen LogP contribution in [0.1, 0.15) is 5.56 Å². The monoisotopic (exact) mass is 494 g/mol. The Kier molecular flexibility index (Phi) is 4.84. The molecule has 0 aliphatic heterocycles. The van der Waals surface area contributed by atoms with Crippen molar-refractivity contribution < 1.29 is 0 Å². The lowest BCUT2D eigenvalue weighted by molar-refractivity contribution is 1.51. The van der Waals surface area contributed by atoms with Gasteiger partial charge < -0.3 is 0 Å². The first kappa shape index (κ1) is 22.1. The van der Waals surface area contributed by atoms with Crippen molar-refractivity contribution in [3.63, 3.8) is 0 Å². The Morgan fingerprint density at radius 3 is 1.49 bits per heavy atom. The minimum Gasteiger partial charge on any atom is -0.0616 e. The molecular formula is C39H26. The summed E-state index contributed by atoms with van der Waals surface area (Å²) in [5.74, 6) is 0. The molecule has 8 aromatic rings. The average molecular weight is 495 g/mol. The predicted octanol–water partition coefficient (Wildman–Crippen LogP) is 11.1. The second kappa shape index (κ2) is 8.55. The molecule has 0 saturated heterocycles. The van der Waals surface area contributed by atoms with E-state index in [2.05, 4.69) is 146 Å². The maximum absolute atomic E-state index is 2.41. The largest absolute Gasteiger partial charge is 0.0616 e. The van der Waals surface area contributed by atoms with Crippen molar-refractivity contribution in [3.8, 4) is 22.3 Å². The lowest BCUT2D eigenvalue weighted by Gasteiger charge is -2.20. The second-order valence-electron chi connectivity index (χ2n) is 10.6. The van der Waals surface area contributed by atoms with Gasteiger partial charge in [-0.15, -0.1) is 0 Å². The lowest BCUT2D eigenvalue weighted by Crippen LogP contribution is -1.93. The van der Waals surface area contributed by atoms with Crippen molar-refractivity contribution in [3.05, 3.63) is 145 Å². The minimum absolute atomic E-state index is 1.27. The van der Waals surface area contributed by atoms with Gasteiger partial charge in [0.2, 0.25) is 0 Å². The van der Waals surface area contributed by atoms with Crippen LogP contribution < -0.4 is 0 Å². The highest BCUT2D eigenvalue weighted by Gasteiger charge is 2.19. The Morgan fingerprint density at radius 1 is 0.308 bits per heavy atom. The van der Waals surface area contributed by atoms with Gasteiger partial charge in [0.1, 0.15) is 0 Å². The molecule has 0 aliphatic rings. The lowest BCUT2D eigenvalue weighted by atomic mass is 9.83. The van der Waals surface area contributed by atoms with Gasteiger partial charge in [-0.05, 0) is 89.1 Å².